The van der Waals surface area contributed by atoms with Gasteiger partial charge in [-0.05, 0) is 37.5 Å². The zero-order chi connectivity index (χ0) is 14.8. The highest BCUT2D eigenvalue weighted by Crippen LogP contribution is 2.33. The van der Waals surface area contributed by atoms with Crippen LogP contribution in [0.15, 0.2) is 30.6 Å². The summed E-state index contributed by atoms with van der Waals surface area (Å²) in [6.07, 6.45) is 3.58. The zero-order valence-electron chi connectivity index (χ0n) is 12.3. The van der Waals surface area contributed by atoms with Crippen LogP contribution in [0.4, 0.5) is 0 Å². The van der Waals surface area contributed by atoms with Crippen LogP contribution in [0.5, 0.6) is 5.75 Å². The molecule has 2 heterocycles. The number of benzene rings is 1. The number of hydrogen-bond acceptors (Lipinski definition) is 3. The number of aromatic nitrogens is 2. The Balaban J connectivity index is 1.85. The van der Waals surface area contributed by atoms with Crippen molar-refractivity contribution < 1.29 is 9.53 Å². The van der Waals surface area contributed by atoms with Gasteiger partial charge in [0.15, 0.2) is 0 Å². The minimum Gasteiger partial charge on any atom is -0.497 e. The van der Waals surface area contributed by atoms with Gasteiger partial charge in [-0.1, -0.05) is 12.1 Å². The van der Waals surface area contributed by atoms with Gasteiger partial charge in [0.1, 0.15) is 11.4 Å². The van der Waals surface area contributed by atoms with Gasteiger partial charge in [0, 0.05) is 12.2 Å². The van der Waals surface area contributed by atoms with Crippen LogP contribution in [0.3, 0.4) is 0 Å². The first kappa shape index (κ1) is 13.7. The number of imidazole rings is 1. The van der Waals surface area contributed by atoms with Crippen molar-refractivity contribution in [3.63, 3.8) is 0 Å². The summed E-state index contributed by atoms with van der Waals surface area (Å²) in [7, 11) is 1.65. The van der Waals surface area contributed by atoms with Crippen LogP contribution in [-0.4, -0.2) is 34.4 Å². The second-order valence-electron chi connectivity index (χ2n) is 5.31. The third-order valence-corrected chi connectivity index (χ3v) is 4.05. The van der Waals surface area contributed by atoms with Crippen molar-refractivity contribution in [1.82, 2.24) is 14.9 Å². The van der Waals surface area contributed by atoms with Crippen molar-refractivity contribution in [2.45, 2.75) is 25.8 Å². The van der Waals surface area contributed by atoms with Crippen molar-refractivity contribution >= 4 is 5.91 Å². The van der Waals surface area contributed by atoms with Gasteiger partial charge in [-0.3, -0.25) is 4.79 Å². The maximum Gasteiger partial charge on any atom is 0.274 e. The predicted molar refractivity (Wildman–Crippen MR) is 79.3 cm³/mol. The highest BCUT2D eigenvalue weighted by atomic mass is 16.5. The van der Waals surface area contributed by atoms with E-state index >= 15 is 0 Å². The SMILES string of the molecule is COc1ccc(C2CCCN2C(=O)c2nc[nH]c2C)cc1. The molecular weight excluding hydrogens is 266 g/mol. The lowest BCUT2D eigenvalue weighted by atomic mass is 10.0. The number of hydrogen-bond donors (Lipinski definition) is 1. The molecule has 1 aliphatic heterocycles. The number of aromatic amines is 1. The van der Waals surface area contributed by atoms with Crippen LogP contribution in [0.2, 0.25) is 0 Å². The summed E-state index contributed by atoms with van der Waals surface area (Å²) in [4.78, 5) is 21.7. The number of ether oxygens (including phenoxy) is 1. The third-order valence-electron chi connectivity index (χ3n) is 4.05. The molecule has 21 heavy (non-hydrogen) atoms. The van der Waals surface area contributed by atoms with Gasteiger partial charge < -0.3 is 14.6 Å². The fraction of sp³-hybridized carbons (Fsp3) is 0.375. The summed E-state index contributed by atoms with van der Waals surface area (Å²) in [5, 5.41) is 0. The molecular formula is C16H19N3O2. The molecule has 1 saturated heterocycles. The molecule has 1 aromatic carbocycles. The van der Waals surface area contributed by atoms with Gasteiger partial charge in [0.05, 0.1) is 19.5 Å². The Hall–Kier alpha value is -2.30. The van der Waals surface area contributed by atoms with E-state index in [9.17, 15) is 4.79 Å². The molecule has 0 bridgehead atoms. The Morgan fingerprint density at radius 2 is 2.14 bits per heavy atom. The smallest absolute Gasteiger partial charge is 0.274 e. The molecule has 5 heteroatoms. The highest BCUT2D eigenvalue weighted by Gasteiger charge is 2.32. The average molecular weight is 285 g/mol. The summed E-state index contributed by atoms with van der Waals surface area (Å²) < 4.78 is 5.19. The van der Waals surface area contributed by atoms with E-state index in [1.165, 1.54) is 0 Å². The largest absolute Gasteiger partial charge is 0.497 e. The number of rotatable bonds is 3. The number of carbonyl (C=O) groups excluding carboxylic acids is 1. The molecule has 1 N–H and O–H groups in total. The summed E-state index contributed by atoms with van der Waals surface area (Å²) >= 11 is 0. The van der Waals surface area contributed by atoms with Gasteiger partial charge in [0.25, 0.3) is 5.91 Å². The quantitative estimate of drug-likeness (QED) is 0.943. The second-order valence-corrected chi connectivity index (χ2v) is 5.31. The molecule has 3 rings (SSSR count). The minimum absolute atomic E-state index is 0.00654. The van der Waals surface area contributed by atoms with Gasteiger partial charge in [-0.25, -0.2) is 4.98 Å². The summed E-state index contributed by atoms with van der Waals surface area (Å²) in [5.41, 5.74) is 2.49. The zero-order valence-corrected chi connectivity index (χ0v) is 12.3. The summed E-state index contributed by atoms with van der Waals surface area (Å²) in [6.45, 7) is 2.65. The first-order chi connectivity index (χ1) is 10.2. The molecule has 0 aliphatic carbocycles. The molecule has 0 spiro atoms. The summed E-state index contributed by atoms with van der Waals surface area (Å²) in [5.74, 6) is 0.838. The lowest BCUT2D eigenvalue weighted by Crippen LogP contribution is -2.31. The van der Waals surface area contributed by atoms with Crippen LogP contribution in [0.1, 0.15) is 40.6 Å². The highest BCUT2D eigenvalue weighted by molar-refractivity contribution is 5.93. The minimum atomic E-state index is 0.00654. The van der Waals surface area contributed by atoms with E-state index < -0.39 is 0 Å². The molecule has 1 unspecified atom stereocenters. The van der Waals surface area contributed by atoms with Crippen molar-refractivity contribution in [2.75, 3.05) is 13.7 Å². The first-order valence-corrected chi connectivity index (χ1v) is 7.15. The van der Waals surface area contributed by atoms with Gasteiger partial charge in [-0.15, -0.1) is 0 Å². The van der Waals surface area contributed by atoms with E-state index in [0.717, 1.165) is 36.4 Å². The molecule has 1 aliphatic rings. The Morgan fingerprint density at radius 3 is 2.76 bits per heavy atom. The number of nitrogens with zero attached hydrogens (tertiary/aromatic N) is 2. The van der Waals surface area contributed by atoms with Crippen LogP contribution >= 0.6 is 0 Å². The first-order valence-electron chi connectivity index (χ1n) is 7.15. The van der Waals surface area contributed by atoms with Crippen LogP contribution in [0, 0.1) is 6.92 Å². The van der Waals surface area contributed by atoms with E-state index in [-0.39, 0.29) is 11.9 Å². The molecule has 2 aromatic rings. The fourth-order valence-electron chi connectivity index (χ4n) is 2.89. The molecule has 0 saturated carbocycles. The van der Waals surface area contributed by atoms with Crippen molar-refractivity contribution in [3.8, 4) is 5.75 Å². The number of carbonyl (C=O) groups is 1. The van der Waals surface area contributed by atoms with E-state index in [4.69, 9.17) is 4.74 Å². The second kappa shape index (κ2) is 5.60. The van der Waals surface area contributed by atoms with E-state index in [1.54, 1.807) is 13.4 Å². The van der Waals surface area contributed by atoms with E-state index in [2.05, 4.69) is 9.97 Å². The van der Waals surface area contributed by atoms with Gasteiger partial charge >= 0.3 is 0 Å². The van der Waals surface area contributed by atoms with E-state index in [0.29, 0.717) is 5.69 Å². The lowest BCUT2D eigenvalue weighted by molar-refractivity contribution is 0.0729. The Morgan fingerprint density at radius 1 is 1.38 bits per heavy atom. The lowest BCUT2D eigenvalue weighted by Gasteiger charge is -2.24. The monoisotopic (exact) mass is 285 g/mol. The van der Waals surface area contributed by atoms with E-state index in [1.807, 2.05) is 36.1 Å². The Kier molecular flexibility index (Phi) is 3.64. The molecule has 1 amide bonds. The third kappa shape index (κ3) is 2.51. The average Bonchev–Trinajstić information content (AvgIpc) is 3.15. The standard InChI is InChI=1S/C16H19N3O2/c1-11-15(18-10-17-11)16(20)19-9-3-4-14(19)12-5-7-13(21-2)8-6-12/h5-8,10,14H,3-4,9H2,1-2H3,(H,17,18). The molecule has 1 fully saturated rings. The van der Waals surface area contributed by atoms with Crippen molar-refractivity contribution in [1.29, 1.82) is 0 Å². The predicted octanol–water partition coefficient (Wildman–Crippen LogP) is 2.70. The van der Waals surface area contributed by atoms with Crippen LogP contribution in [-0.2, 0) is 0 Å². The number of nitrogens with one attached hydrogen (secondary N) is 1. The number of methoxy groups -OCH3 is 1. The molecule has 1 atom stereocenters. The number of H-pyrrole nitrogens is 1. The van der Waals surface area contributed by atoms with Crippen molar-refractivity contribution in [3.05, 3.63) is 47.5 Å². The Bertz CT molecular complexity index is 633. The van der Waals surface area contributed by atoms with Crippen LogP contribution in [0.25, 0.3) is 0 Å². The number of amides is 1. The maximum atomic E-state index is 12.7. The Labute approximate surface area is 124 Å². The van der Waals surface area contributed by atoms with Gasteiger partial charge in [-0.2, -0.15) is 0 Å². The topological polar surface area (TPSA) is 58.2 Å². The maximum absolute atomic E-state index is 12.7. The fourth-order valence-corrected chi connectivity index (χ4v) is 2.89. The number of aryl methyl sites for hydroxylation is 1. The molecule has 1 aromatic heterocycles. The normalized spacial score (nSPS) is 18.0. The van der Waals surface area contributed by atoms with Crippen molar-refractivity contribution in [2.24, 2.45) is 0 Å². The number of likely N-dealkylation sites (tertiary alicyclic amines) is 1. The molecule has 0 radical (unpaired) electrons. The van der Waals surface area contributed by atoms with Crippen LogP contribution < -0.4 is 4.74 Å². The molecule has 110 valence electrons. The van der Waals surface area contributed by atoms with Gasteiger partial charge in [0.2, 0.25) is 0 Å². The molecule has 5 nitrogen and oxygen atoms in total. The summed E-state index contributed by atoms with van der Waals surface area (Å²) in [6, 6.07) is 8.07.